The van der Waals surface area contributed by atoms with Crippen LogP contribution in [0.2, 0.25) is 0 Å². The molecule has 0 fully saturated rings. The minimum absolute atomic E-state index is 0.0678. The van der Waals surface area contributed by atoms with Crippen LogP contribution in [-0.2, 0) is 6.42 Å². The quantitative estimate of drug-likeness (QED) is 0.675. The van der Waals surface area contributed by atoms with Crippen LogP contribution in [0.4, 0.5) is 4.39 Å². The molecule has 0 saturated heterocycles. The van der Waals surface area contributed by atoms with Crippen LogP contribution in [0.15, 0.2) is 45.3 Å². The molecule has 2 aromatic rings. The van der Waals surface area contributed by atoms with Gasteiger partial charge in [-0.05, 0) is 54.8 Å². The largest absolute Gasteiger partial charge is 0.310 e. The number of rotatable bonds is 5. The summed E-state index contributed by atoms with van der Waals surface area (Å²) in [7, 11) is 0. The summed E-state index contributed by atoms with van der Waals surface area (Å²) < 4.78 is 16.0. The second kappa shape index (κ2) is 7.52. The van der Waals surface area contributed by atoms with Gasteiger partial charge in [0.25, 0.3) is 0 Å². The van der Waals surface area contributed by atoms with Gasteiger partial charge in [-0.3, -0.25) is 0 Å². The standard InChI is InChI=1S/C17H18Br2FN/c1-3-21-17(9-12-6-4-5-7-16(12)20)13-10-14(18)11(2)8-15(13)19/h4-8,10,17,21H,3,9H2,1-2H3. The lowest BCUT2D eigenvalue weighted by Crippen LogP contribution is -2.23. The summed E-state index contributed by atoms with van der Waals surface area (Å²) in [4.78, 5) is 0. The van der Waals surface area contributed by atoms with Crippen LogP contribution in [-0.4, -0.2) is 6.54 Å². The summed E-state index contributed by atoms with van der Waals surface area (Å²) in [5, 5.41) is 3.44. The number of likely N-dealkylation sites (N-methyl/N-ethyl adjacent to an activating group) is 1. The molecule has 4 heteroatoms. The van der Waals surface area contributed by atoms with Gasteiger partial charge in [0.15, 0.2) is 0 Å². The molecule has 1 N–H and O–H groups in total. The molecule has 0 radical (unpaired) electrons. The maximum absolute atomic E-state index is 13.9. The van der Waals surface area contributed by atoms with Gasteiger partial charge in [0.2, 0.25) is 0 Å². The van der Waals surface area contributed by atoms with E-state index in [0.717, 1.165) is 26.6 Å². The van der Waals surface area contributed by atoms with Crippen molar-refractivity contribution in [1.29, 1.82) is 0 Å². The molecule has 112 valence electrons. The number of aryl methyl sites for hydroxylation is 1. The molecule has 2 aromatic carbocycles. The van der Waals surface area contributed by atoms with Crippen LogP contribution in [0, 0.1) is 12.7 Å². The van der Waals surface area contributed by atoms with E-state index >= 15 is 0 Å². The Bertz CT molecular complexity index is 628. The summed E-state index contributed by atoms with van der Waals surface area (Å²) >= 11 is 7.21. The Labute approximate surface area is 142 Å². The predicted octanol–water partition coefficient (Wildman–Crippen LogP) is 5.55. The minimum atomic E-state index is -0.150. The Morgan fingerprint density at radius 2 is 1.86 bits per heavy atom. The van der Waals surface area contributed by atoms with Crippen molar-refractivity contribution in [2.75, 3.05) is 6.54 Å². The number of nitrogens with one attached hydrogen (secondary N) is 1. The molecule has 1 unspecified atom stereocenters. The first-order valence-corrected chi connectivity index (χ1v) is 8.53. The fourth-order valence-corrected chi connectivity index (χ4v) is 3.45. The Morgan fingerprint density at radius 1 is 1.14 bits per heavy atom. The summed E-state index contributed by atoms with van der Waals surface area (Å²) in [6.07, 6.45) is 0.620. The molecule has 0 bridgehead atoms. The van der Waals surface area contributed by atoms with E-state index in [1.807, 2.05) is 12.1 Å². The van der Waals surface area contributed by atoms with E-state index in [1.165, 1.54) is 11.6 Å². The summed E-state index contributed by atoms with van der Waals surface area (Å²) in [6.45, 7) is 4.94. The molecule has 0 saturated carbocycles. The van der Waals surface area contributed by atoms with Gasteiger partial charge in [0, 0.05) is 15.0 Å². The highest BCUT2D eigenvalue weighted by Crippen LogP contribution is 2.31. The van der Waals surface area contributed by atoms with E-state index in [2.05, 4.69) is 63.2 Å². The molecule has 1 atom stereocenters. The number of hydrogen-bond donors (Lipinski definition) is 1. The second-order valence-corrected chi connectivity index (χ2v) is 6.74. The topological polar surface area (TPSA) is 12.0 Å². The third kappa shape index (κ3) is 4.15. The molecule has 2 rings (SSSR count). The second-order valence-electron chi connectivity index (χ2n) is 5.03. The van der Waals surface area contributed by atoms with Crippen molar-refractivity contribution in [3.63, 3.8) is 0 Å². The van der Waals surface area contributed by atoms with E-state index in [1.54, 1.807) is 6.07 Å². The predicted molar refractivity (Wildman–Crippen MR) is 93.1 cm³/mol. The normalized spacial score (nSPS) is 12.4. The van der Waals surface area contributed by atoms with Gasteiger partial charge in [-0.25, -0.2) is 4.39 Å². The molecule has 1 nitrogen and oxygen atoms in total. The lowest BCUT2D eigenvalue weighted by atomic mass is 9.97. The molecule has 0 heterocycles. The maximum atomic E-state index is 13.9. The van der Waals surface area contributed by atoms with Gasteiger partial charge in [-0.2, -0.15) is 0 Å². The molecule has 0 aliphatic rings. The summed E-state index contributed by atoms with van der Waals surface area (Å²) in [5.74, 6) is -0.150. The molecular formula is C17H18Br2FN. The summed E-state index contributed by atoms with van der Waals surface area (Å²) in [6, 6.07) is 11.2. The highest BCUT2D eigenvalue weighted by molar-refractivity contribution is 9.11. The zero-order valence-corrected chi connectivity index (χ0v) is 15.3. The van der Waals surface area contributed by atoms with E-state index in [-0.39, 0.29) is 11.9 Å². The first-order chi connectivity index (χ1) is 10.0. The average molecular weight is 415 g/mol. The number of halogens is 3. The van der Waals surface area contributed by atoms with Gasteiger partial charge >= 0.3 is 0 Å². The zero-order chi connectivity index (χ0) is 15.4. The molecule has 0 amide bonds. The van der Waals surface area contributed by atoms with Crippen molar-refractivity contribution in [3.05, 3.63) is 67.9 Å². The van der Waals surface area contributed by atoms with Crippen molar-refractivity contribution in [1.82, 2.24) is 5.32 Å². The lowest BCUT2D eigenvalue weighted by molar-refractivity contribution is 0.526. The third-order valence-corrected chi connectivity index (χ3v) is 5.03. The van der Waals surface area contributed by atoms with E-state index in [4.69, 9.17) is 0 Å². The highest BCUT2D eigenvalue weighted by atomic mass is 79.9. The van der Waals surface area contributed by atoms with Gasteiger partial charge in [-0.15, -0.1) is 0 Å². The Balaban J connectivity index is 2.35. The molecule has 0 aliphatic carbocycles. The van der Waals surface area contributed by atoms with Crippen LogP contribution in [0.1, 0.15) is 29.7 Å². The van der Waals surface area contributed by atoms with Crippen LogP contribution >= 0.6 is 31.9 Å². The van der Waals surface area contributed by atoms with Gasteiger partial charge in [-0.1, -0.05) is 57.0 Å². The molecule has 0 aromatic heterocycles. The maximum Gasteiger partial charge on any atom is 0.126 e. The van der Waals surface area contributed by atoms with Crippen molar-refractivity contribution in [2.24, 2.45) is 0 Å². The fraction of sp³-hybridized carbons (Fsp3) is 0.294. The third-order valence-electron chi connectivity index (χ3n) is 3.49. The first kappa shape index (κ1) is 16.7. The van der Waals surface area contributed by atoms with Gasteiger partial charge < -0.3 is 5.32 Å². The smallest absolute Gasteiger partial charge is 0.126 e. The van der Waals surface area contributed by atoms with Gasteiger partial charge in [0.1, 0.15) is 5.82 Å². The SMILES string of the molecule is CCNC(Cc1ccccc1F)c1cc(Br)c(C)cc1Br. The van der Waals surface area contributed by atoms with Crippen molar-refractivity contribution >= 4 is 31.9 Å². The first-order valence-electron chi connectivity index (χ1n) is 6.95. The number of benzene rings is 2. The molecule has 0 spiro atoms. The van der Waals surface area contributed by atoms with E-state index < -0.39 is 0 Å². The molecule has 21 heavy (non-hydrogen) atoms. The van der Waals surface area contributed by atoms with Gasteiger partial charge in [0.05, 0.1) is 0 Å². The molecule has 0 aliphatic heterocycles. The Hall–Kier alpha value is -0.710. The average Bonchev–Trinajstić information content (AvgIpc) is 2.45. The summed E-state index contributed by atoms with van der Waals surface area (Å²) in [5.41, 5.74) is 3.04. The molecular weight excluding hydrogens is 397 g/mol. The van der Waals surface area contributed by atoms with E-state index in [9.17, 15) is 4.39 Å². The van der Waals surface area contributed by atoms with Crippen molar-refractivity contribution < 1.29 is 4.39 Å². The van der Waals surface area contributed by atoms with Crippen LogP contribution in [0.25, 0.3) is 0 Å². The highest BCUT2D eigenvalue weighted by Gasteiger charge is 2.17. The van der Waals surface area contributed by atoms with Crippen molar-refractivity contribution in [3.8, 4) is 0 Å². The monoisotopic (exact) mass is 413 g/mol. The zero-order valence-electron chi connectivity index (χ0n) is 12.1. The Kier molecular flexibility index (Phi) is 5.97. The van der Waals surface area contributed by atoms with Crippen molar-refractivity contribution in [2.45, 2.75) is 26.3 Å². The number of hydrogen-bond acceptors (Lipinski definition) is 1. The van der Waals surface area contributed by atoms with Crippen LogP contribution < -0.4 is 5.32 Å². The van der Waals surface area contributed by atoms with Crippen LogP contribution in [0.5, 0.6) is 0 Å². The fourth-order valence-electron chi connectivity index (χ4n) is 2.35. The minimum Gasteiger partial charge on any atom is -0.310 e. The Morgan fingerprint density at radius 3 is 2.52 bits per heavy atom. The lowest BCUT2D eigenvalue weighted by Gasteiger charge is -2.21. The van der Waals surface area contributed by atoms with Crippen LogP contribution in [0.3, 0.4) is 0 Å². The van der Waals surface area contributed by atoms with E-state index in [0.29, 0.717) is 6.42 Å².